The lowest BCUT2D eigenvalue weighted by atomic mass is 9.86. The van der Waals surface area contributed by atoms with Crippen molar-refractivity contribution in [1.82, 2.24) is 10.2 Å². The molecule has 0 bridgehead atoms. The molecule has 1 amide bonds. The minimum atomic E-state index is 0.0345. The van der Waals surface area contributed by atoms with E-state index in [1.807, 2.05) is 44.3 Å². The van der Waals surface area contributed by atoms with Crippen molar-refractivity contribution in [3.05, 3.63) is 35.9 Å². The highest BCUT2D eigenvalue weighted by atomic mass is 16.3. The molecule has 2 N–H and O–H groups in total. The Morgan fingerprint density at radius 3 is 2.50 bits per heavy atom. The van der Waals surface area contributed by atoms with Gasteiger partial charge in [0.05, 0.1) is 12.6 Å². The molecular weight excluding hydrogens is 276 g/mol. The van der Waals surface area contributed by atoms with Gasteiger partial charge in [-0.2, -0.15) is 0 Å². The van der Waals surface area contributed by atoms with Crippen LogP contribution in [-0.2, 0) is 4.79 Å². The number of nitrogens with zero attached hydrogens (tertiary/aromatic N) is 1. The van der Waals surface area contributed by atoms with Gasteiger partial charge in [-0.1, -0.05) is 30.3 Å². The number of aliphatic hydroxyl groups excluding tert-OH is 1. The SMILES string of the molecule is CC(NC(=O)CN(C)C1CCC(CO)CC1)c1ccccc1. The second-order valence-corrected chi connectivity index (χ2v) is 6.47. The predicted octanol–water partition coefficient (Wildman–Crippen LogP) is 2.35. The van der Waals surface area contributed by atoms with Crippen LogP contribution in [-0.4, -0.2) is 42.2 Å². The average molecular weight is 304 g/mol. The fourth-order valence-electron chi connectivity index (χ4n) is 3.24. The minimum absolute atomic E-state index is 0.0345. The van der Waals surface area contributed by atoms with Crippen LogP contribution >= 0.6 is 0 Å². The number of amides is 1. The fourth-order valence-corrected chi connectivity index (χ4v) is 3.24. The summed E-state index contributed by atoms with van der Waals surface area (Å²) in [6, 6.07) is 10.5. The lowest BCUT2D eigenvalue weighted by molar-refractivity contribution is -0.123. The van der Waals surface area contributed by atoms with Crippen molar-refractivity contribution < 1.29 is 9.90 Å². The van der Waals surface area contributed by atoms with Gasteiger partial charge in [-0.15, -0.1) is 0 Å². The molecule has 0 radical (unpaired) electrons. The summed E-state index contributed by atoms with van der Waals surface area (Å²) in [6.07, 6.45) is 4.27. The van der Waals surface area contributed by atoms with E-state index < -0.39 is 0 Å². The number of nitrogens with one attached hydrogen (secondary N) is 1. The van der Waals surface area contributed by atoms with Crippen molar-refractivity contribution in [2.24, 2.45) is 5.92 Å². The molecule has 4 nitrogen and oxygen atoms in total. The molecule has 0 aliphatic heterocycles. The Bertz CT molecular complexity index is 455. The van der Waals surface area contributed by atoms with Gasteiger partial charge in [0, 0.05) is 12.6 Å². The number of benzene rings is 1. The van der Waals surface area contributed by atoms with Gasteiger partial charge in [-0.3, -0.25) is 9.69 Å². The number of carbonyl (C=O) groups is 1. The van der Waals surface area contributed by atoms with Crippen molar-refractivity contribution >= 4 is 5.91 Å². The second kappa shape index (κ2) is 8.30. The maximum atomic E-state index is 12.2. The molecule has 0 heterocycles. The zero-order valence-electron chi connectivity index (χ0n) is 13.7. The topological polar surface area (TPSA) is 52.6 Å². The first-order valence-corrected chi connectivity index (χ1v) is 8.25. The molecular formula is C18H28N2O2. The molecule has 122 valence electrons. The lowest BCUT2D eigenvalue weighted by Gasteiger charge is -2.34. The van der Waals surface area contributed by atoms with Crippen molar-refractivity contribution in [3.8, 4) is 0 Å². The molecule has 1 aliphatic carbocycles. The van der Waals surface area contributed by atoms with Crippen LogP contribution in [0.2, 0.25) is 0 Å². The van der Waals surface area contributed by atoms with Gasteiger partial charge in [-0.05, 0) is 51.1 Å². The molecule has 1 aromatic rings. The normalized spacial score (nSPS) is 23.3. The molecule has 1 aromatic carbocycles. The van der Waals surface area contributed by atoms with E-state index in [-0.39, 0.29) is 11.9 Å². The Hall–Kier alpha value is -1.39. The second-order valence-electron chi connectivity index (χ2n) is 6.47. The number of carbonyl (C=O) groups excluding carboxylic acids is 1. The summed E-state index contributed by atoms with van der Waals surface area (Å²) < 4.78 is 0. The van der Waals surface area contributed by atoms with E-state index >= 15 is 0 Å². The van der Waals surface area contributed by atoms with Gasteiger partial charge in [0.1, 0.15) is 0 Å². The first-order valence-electron chi connectivity index (χ1n) is 8.25. The Morgan fingerprint density at radius 1 is 1.27 bits per heavy atom. The van der Waals surface area contributed by atoms with Crippen LogP contribution in [0.25, 0.3) is 0 Å². The molecule has 1 fully saturated rings. The van der Waals surface area contributed by atoms with Gasteiger partial charge in [0.2, 0.25) is 5.91 Å². The Morgan fingerprint density at radius 2 is 1.91 bits per heavy atom. The van der Waals surface area contributed by atoms with Crippen LogP contribution in [0, 0.1) is 5.92 Å². The third kappa shape index (κ3) is 4.82. The molecule has 0 aromatic heterocycles. The fraction of sp³-hybridized carbons (Fsp3) is 0.611. The number of rotatable bonds is 6. The Kier molecular flexibility index (Phi) is 6.40. The minimum Gasteiger partial charge on any atom is -0.396 e. The number of hydrogen-bond acceptors (Lipinski definition) is 3. The molecule has 0 spiro atoms. The summed E-state index contributed by atoms with van der Waals surface area (Å²) in [5.74, 6) is 0.528. The van der Waals surface area contributed by atoms with Gasteiger partial charge in [-0.25, -0.2) is 0 Å². The molecule has 1 aliphatic rings. The zero-order chi connectivity index (χ0) is 15.9. The summed E-state index contributed by atoms with van der Waals surface area (Å²) in [4.78, 5) is 14.4. The van der Waals surface area contributed by atoms with Crippen LogP contribution in [0.3, 0.4) is 0 Å². The first-order chi connectivity index (χ1) is 10.6. The van der Waals surface area contributed by atoms with E-state index in [9.17, 15) is 9.90 Å². The molecule has 2 rings (SSSR count). The monoisotopic (exact) mass is 304 g/mol. The molecule has 22 heavy (non-hydrogen) atoms. The number of aliphatic hydroxyl groups is 1. The standard InChI is InChI=1S/C18H28N2O2/c1-14(16-6-4-3-5-7-16)19-18(22)12-20(2)17-10-8-15(13-21)9-11-17/h3-7,14-15,17,21H,8-13H2,1-2H3,(H,19,22). The van der Waals surface area contributed by atoms with E-state index in [4.69, 9.17) is 0 Å². The zero-order valence-corrected chi connectivity index (χ0v) is 13.7. The van der Waals surface area contributed by atoms with E-state index in [0.29, 0.717) is 25.1 Å². The van der Waals surface area contributed by atoms with Crippen molar-refractivity contribution in [2.75, 3.05) is 20.2 Å². The summed E-state index contributed by atoms with van der Waals surface area (Å²) in [7, 11) is 2.02. The molecule has 1 unspecified atom stereocenters. The first kappa shape index (κ1) is 17.0. The quantitative estimate of drug-likeness (QED) is 0.848. The van der Waals surface area contributed by atoms with Gasteiger partial charge in [0.25, 0.3) is 0 Å². The third-order valence-corrected chi connectivity index (χ3v) is 4.77. The Balaban J connectivity index is 1.77. The van der Waals surface area contributed by atoms with Crippen LogP contribution in [0.1, 0.15) is 44.2 Å². The number of hydrogen-bond donors (Lipinski definition) is 2. The Labute approximate surface area is 133 Å². The van der Waals surface area contributed by atoms with Crippen LogP contribution < -0.4 is 5.32 Å². The summed E-state index contributed by atoms with van der Waals surface area (Å²) >= 11 is 0. The maximum Gasteiger partial charge on any atom is 0.234 e. The molecule has 1 atom stereocenters. The number of likely N-dealkylation sites (N-methyl/N-ethyl adjacent to an activating group) is 1. The third-order valence-electron chi connectivity index (χ3n) is 4.77. The molecule has 1 saturated carbocycles. The summed E-state index contributed by atoms with van der Waals surface area (Å²) in [5, 5.41) is 12.3. The van der Waals surface area contributed by atoms with Crippen molar-refractivity contribution in [3.63, 3.8) is 0 Å². The van der Waals surface area contributed by atoms with Crippen LogP contribution in [0.15, 0.2) is 30.3 Å². The van der Waals surface area contributed by atoms with E-state index in [2.05, 4.69) is 10.2 Å². The summed E-state index contributed by atoms with van der Waals surface area (Å²) in [6.45, 7) is 2.75. The largest absolute Gasteiger partial charge is 0.396 e. The van der Waals surface area contributed by atoms with E-state index in [1.165, 1.54) is 0 Å². The van der Waals surface area contributed by atoms with Gasteiger partial charge < -0.3 is 10.4 Å². The van der Waals surface area contributed by atoms with E-state index in [0.717, 1.165) is 31.2 Å². The highest BCUT2D eigenvalue weighted by molar-refractivity contribution is 5.78. The molecule has 4 heteroatoms. The average Bonchev–Trinajstić information content (AvgIpc) is 2.55. The van der Waals surface area contributed by atoms with Crippen molar-refractivity contribution in [1.29, 1.82) is 0 Å². The lowest BCUT2D eigenvalue weighted by Crippen LogP contribution is -2.42. The van der Waals surface area contributed by atoms with Crippen molar-refractivity contribution in [2.45, 2.75) is 44.7 Å². The van der Waals surface area contributed by atoms with Crippen LogP contribution in [0.4, 0.5) is 0 Å². The predicted molar refractivity (Wildman–Crippen MR) is 88.5 cm³/mol. The van der Waals surface area contributed by atoms with Crippen LogP contribution in [0.5, 0.6) is 0 Å². The highest BCUT2D eigenvalue weighted by Crippen LogP contribution is 2.26. The van der Waals surface area contributed by atoms with Gasteiger partial charge >= 0.3 is 0 Å². The van der Waals surface area contributed by atoms with E-state index in [1.54, 1.807) is 0 Å². The van der Waals surface area contributed by atoms with Gasteiger partial charge in [0.15, 0.2) is 0 Å². The summed E-state index contributed by atoms with van der Waals surface area (Å²) in [5.41, 5.74) is 1.13. The smallest absolute Gasteiger partial charge is 0.234 e. The maximum absolute atomic E-state index is 12.2. The highest BCUT2D eigenvalue weighted by Gasteiger charge is 2.24. The molecule has 0 saturated heterocycles.